The fourth-order valence-corrected chi connectivity index (χ4v) is 1.82. The van der Waals surface area contributed by atoms with Crippen molar-refractivity contribution in [2.75, 3.05) is 7.11 Å². The Kier molecular flexibility index (Phi) is 8.11. The van der Waals surface area contributed by atoms with E-state index >= 15 is 0 Å². The van der Waals surface area contributed by atoms with Gasteiger partial charge in [-0.2, -0.15) is 7.11 Å². The number of benzene rings is 1. The van der Waals surface area contributed by atoms with Crippen LogP contribution in [0, 0.1) is 12.7 Å². The Balaban J connectivity index is 0.000000917. The molecule has 2 rings (SSSR count). The first-order chi connectivity index (χ1) is 8.16. The molecule has 0 fully saturated rings. The first-order valence-electron chi connectivity index (χ1n) is 5.29. The van der Waals surface area contributed by atoms with Crippen LogP contribution in [0.25, 0.3) is 0 Å². The molecular formula is C13H15FNNaO2. The van der Waals surface area contributed by atoms with Gasteiger partial charge in [-0.15, -0.1) is 0 Å². The van der Waals surface area contributed by atoms with E-state index in [-0.39, 0.29) is 47.2 Å². The average Bonchev–Trinajstić information content (AvgIpc) is 2.31. The summed E-state index contributed by atoms with van der Waals surface area (Å²) in [5, 5.41) is 11.4. The third-order valence-corrected chi connectivity index (χ3v) is 2.58. The summed E-state index contributed by atoms with van der Waals surface area (Å²) in [5.41, 5.74) is 1.85. The zero-order valence-corrected chi connectivity index (χ0v) is 12.9. The predicted octanol–water partition coefficient (Wildman–Crippen LogP) is -1.77. The number of nitrogens with one attached hydrogen (secondary N) is 1. The van der Waals surface area contributed by atoms with Crippen LogP contribution in [-0.4, -0.2) is 12.9 Å². The number of ketones is 1. The van der Waals surface area contributed by atoms with Gasteiger partial charge in [-0.05, 0) is 36.3 Å². The number of halogens is 1. The molecule has 0 amide bonds. The molecule has 0 aliphatic carbocycles. The van der Waals surface area contributed by atoms with E-state index < -0.39 is 0 Å². The molecule has 1 heterocycles. The number of aryl methyl sites for hydroxylation is 1. The van der Waals surface area contributed by atoms with Gasteiger partial charge in [0.15, 0.2) is 5.78 Å². The maximum absolute atomic E-state index is 12.9. The Morgan fingerprint density at radius 1 is 1.39 bits per heavy atom. The molecule has 92 valence electrons. The molecule has 0 radical (unpaired) electrons. The minimum atomic E-state index is -0.242. The maximum Gasteiger partial charge on any atom is 1.00 e. The summed E-state index contributed by atoms with van der Waals surface area (Å²) in [6.45, 7) is 1.85. The van der Waals surface area contributed by atoms with Gasteiger partial charge in [-0.1, -0.05) is 6.07 Å². The van der Waals surface area contributed by atoms with Crippen LogP contribution in [-0.2, 0) is 4.79 Å². The smallest absolute Gasteiger partial charge is 0.857 e. The molecule has 0 saturated heterocycles. The minimum Gasteiger partial charge on any atom is -0.857 e. The van der Waals surface area contributed by atoms with Crippen LogP contribution < -0.4 is 40.0 Å². The monoisotopic (exact) mass is 259 g/mol. The molecule has 1 atom stereocenters. The molecule has 1 aromatic rings. The fourth-order valence-electron chi connectivity index (χ4n) is 1.82. The second-order valence-electron chi connectivity index (χ2n) is 3.72. The van der Waals surface area contributed by atoms with E-state index in [1.54, 1.807) is 12.3 Å². The van der Waals surface area contributed by atoms with Crippen LogP contribution >= 0.6 is 0 Å². The Bertz CT molecular complexity index is 435. The van der Waals surface area contributed by atoms with Crippen LogP contribution in [0.5, 0.6) is 0 Å². The molecule has 0 bridgehead atoms. The molecular weight excluding hydrogens is 244 g/mol. The van der Waals surface area contributed by atoms with Gasteiger partial charge in [0.05, 0.1) is 6.04 Å². The second kappa shape index (κ2) is 8.43. The molecule has 0 unspecified atom stereocenters. The minimum absolute atomic E-state index is 0. The first kappa shape index (κ1) is 17.3. The molecule has 5 heteroatoms. The SMILES string of the molecule is C[O-].Cc1cc(F)ccc1[C@H]1CC(=O)C=CN1.[Na+]. The fraction of sp³-hybridized carbons (Fsp3) is 0.308. The van der Waals surface area contributed by atoms with E-state index in [0.29, 0.717) is 6.42 Å². The van der Waals surface area contributed by atoms with Crippen molar-refractivity contribution in [2.45, 2.75) is 19.4 Å². The second-order valence-corrected chi connectivity index (χ2v) is 3.72. The molecule has 1 aliphatic rings. The largest absolute Gasteiger partial charge is 1.00 e. The number of allylic oxidation sites excluding steroid dienone is 1. The summed E-state index contributed by atoms with van der Waals surface area (Å²) < 4.78 is 12.9. The topological polar surface area (TPSA) is 52.2 Å². The summed E-state index contributed by atoms with van der Waals surface area (Å²) >= 11 is 0. The van der Waals surface area contributed by atoms with Crippen LogP contribution in [0.15, 0.2) is 30.5 Å². The van der Waals surface area contributed by atoms with Gasteiger partial charge in [-0.25, -0.2) is 4.39 Å². The summed E-state index contributed by atoms with van der Waals surface area (Å²) in [6.07, 6.45) is 3.61. The average molecular weight is 259 g/mol. The summed E-state index contributed by atoms with van der Waals surface area (Å²) in [5.74, 6) is -0.142. The molecule has 0 spiro atoms. The maximum atomic E-state index is 12.9. The normalized spacial score (nSPS) is 17.1. The number of carbonyl (C=O) groups is 1. The van der Waals surface area contributed by atoms with Crippen LogP contribution in [0.1, 0.15) is 23.6 Å². The Hall–Kier alpha value is -0.680. The van der Waals surface area contributed by atoms with E-state index in [1.807, 2.05) is 6.92 Å². The summed E-state index contributed by atoms with van der Waals surface area (Å²) in [6, 6.07) is 4.62. The van der Waals surface area contributed by atoms with E-state index in [9.17, 15) is 9.18 Å². The quantitative estimate of drug-likeness (QED) is 0.607. The molecule has 1 aliphatic heterocycles. The number of carbonyl (C=O) groups excluding carboxylic acids is 1. The van der Waals surface area contributed by atoms with Crippen LogP contribution in [0.3, 0.4) is 0 Å². The number of rotatable bonds is 1. The van der Waals surface area contributed by atoms with Gasteiger partial charge >= 0.3 is 29.6 Å². The van der Waals surface area contributed by atoms with Gasteiger partial charge in [0.1, 0.15) is 5.82 Å². The molecule has 0 aromatic heterocycles. The summed E-state index contributed by atoms with van der Waals surface area (Å²) in [4.78, 5) is 11.2. The Labute approximate surface area is 128 Å². The number of hydrogen-bond acceptors (Lipinski definition) is 3. The van der Waals surface area contributed by atoms with E-state index in [4.69, 9.17) is 5.11 Å². The van der Waals surface area contributed by atoms with Crippen molar-refractivity contribution in [1.29, 1.82) is 0 Å². The third kappa shape index (κ3) is 4.53. The van der Waals surface area contributed by atoms with Crippen molar-refractivity contribution >= 4 is 5.78 Å². The van der Waals surface area contributed by atoms with Crippen molar-refractivity contribution in [3.8, 4) is 0 Å². The molecule has 18 heavy (non-hydrogen) atoms. The molecule has 1 N–H and O–H groups in total. The van der Waals surface area contributed by atoms with Crippen molar-refractivity contribution < 1.29 is 43.8 Å². The van der Waals surface area contributed by atoms with E-state index in [1.165, 1.54) is 18.2 Å². The van der Waals surface area contributed by atoms with Crippen molar-refractivity contribution in [1.82, 2.24) is 5.32 Å². The van der Waals surface area contributed by atoms with Crippen LogP contribution in [0.4, 0.5) is 4.39 Å². The van der Waals surface area contributed by atoms with Crippen LogP contribution in [0.2, 0.25) is 0 Å². The van der Waals surface area contributed by atoms with Gasteiger partial charge in [0.25, 0.3) is 0 Å². The Morgan fingerprint density at radius 3 is 2.61 bits per heavy atom. The molecule has 1 aromatic carbocycles. The number of hydrogen-bond donors (Lipinski definition) is 1. The van der Waals surface area contributed by atoms with Crippen molar-refractivity contribution in [3.63, 3.8) is 0 Å². The van der Waals surface area contributed by atoms with Gasteiger partial charge in [0, 0.05) is 12.6 Å². The zero-order chi connectivity index (χ0) is 12.8. The Morgan fingerprint density at radius 2 is 2.06 bits per heavy atom. The van der Waals surface area contributed by atoms with Gasteiger partial charge < -0.3 is 10.4 Å². The van der Waals surface area contributed by atoms with Crippen molar-refractivity contribution in [2.24, 2.45) is 0 Å². The molecule has 0 saturated carbocycles. The van der Waals surface area contributed by atoms with E-state index in [2.05, 4.69) is 5.32 Å². The predicted molar refractivity (Wildman–Crippen MR) is 61.7 cm³/mol. The summed E-state index contributed by atoms with van der Waals surface area (Å²) in [7, 11) is 0.750. The standard InChI is InChI=1S/C12H12FNO.CH3O.Na/c1-8-6-9(13)2-3-11(8)12-7-10(15)4-5-14-12;1-2;/h2-6,12,14H,7H2,1H3;1H3;/q;-1;+1/t12-;;/m1../s1. The zero-order valence-electron chi connectivity index (χ0n) is 10.9. The van der Waals surface area contributed by atoms with Gasteiger partial charge in [-0.3, -0.25) is 4.79 Å². The third-order valence-electron chi connectivity index (χ3n) is 2.58. The van der Waals surface area contributed by atoms with Gasteiger partial charge in [0.2, 0.25) is 0 Å². The van der Waals surface area contributed by atoms with E-state index in [0.717, 1.165) is 18.2 Å². The first-order valence-corrected chi connectivity index (χ1v) is 5.29. The molecule has 3 nitrogen and oxygen atoms in total. The van der Waals surface area contributed by atoms with Crippen molar-refractivity contribution in [3.05, 3.63) is 47.4 Å².